The standard InChI is InChI=1S/C29H44O2Si/c1-5-6-7-8-9-10-11-14-19-26(30)24-25-31-32(29(2,3)4,27-20-15-12-16-21-27)28-22-17-13-18-23-28/h11-18,20-23,26,30H,5-10,19,24-25H2,1-4H3/b14-11+. The third-order valence-electron chi connectivity index (χ3n) is 6.24. The van der Waals surface area contributed by atoms with Crippen molar-refractivity contribution in [1.82, 2.24) is 0 Å². The molecule has 1 N–H and O–H groups in total. The molecule has 0 bridgehead atoms. The second kappa shape index (κ2) is 13.8. The Hall–Kier alpha value is -1.68. The van der Waals surface area contributed by atoms with Crippen LogP contribution in [0.1, 0.15) is 79.1 Å². The van der Waals surface area contributed by atoms with E-state index in [4.69, 9.17) is 4.43 Å². The van der Waals surface area contributed by atoms with E-state index in [0.29, 0.717) is 19.4 Å². The second-order valence-corrected chi connectivity index (χ2v) is 14.2. The number of rotatable bonds is 14. The molecule has 0 spiro atoms. The van der Waals surface area contributed by atoms with Gasteiger partial charge in [-0.25, -0.2) is 0 Å². The van der Waals surface area contributed by atoms with E-state index in [1.165, 1.54) is 42.5 Å². The van der Waals surface area contributed by atoms with Gasteiger partial charge in [-0.15, -0.1) is 0 Å². The highest BCUT2D eigenvalue weighted by Crippen LogP contribution is 2.36. The van der Waals surface area contributed by atoms with E-state index in [-0.39, 0.29) is 11.1 Å². The van der Waals surface area contributed by atoms with Crippen LogP contribution >= 0.6 is 0 Å². The molecule has 0 fully saturated rings. The fourth-order valence-electron chi connectivity index (χ4n) is 4.46. The summed E-state index contributed by atoms with van der Waals surface area (Å²) in [6, 6.07) is 21.4. The molecule has 0 radical (unpaired) electrons. The second-order valence-electron chi connectivity index (χ2n) is 9.86. The first-order valence-electron chi connectivity index (χ1n) is 12.5. The maximum Gasteiger partial charge on any atom is 0.261 e. The van der Waals surface area contributed by atoms with Crippen LogP contribution in [-0.2, 0) is 4.43 Å². The van der Waals surface area contributed by atoms with Crippen molar-refractivity contribution in [2.24, 2.45) is 0 Å². The van der Waals surface area contributed by atoms with Crippen LogP contribution in [-0.4, -0.2) is 26.1 Å². The molecule has 0 heterocycles. The Morgan fingerprint density at radius 1 is 0.844 bits per heavy atom. The van der Waals surface area contributed by atoms with Gasteiger partial charge in [-0.1, -0.05) is 126 Å². The van der Waals surface area contributed by atoms with Gasteiger partial charge in [0.1, 0.15) is 0 Å². The van der Waals surface area contributed by atoms with Crippen LogP contribution in [0, 0.1) is 0 Å². The molecule has 0 aliphatic carbocycles. The lowest BCUT2D eigenvalue weighted by molar-refractivity contribution is 0.139. The van der Waals surface area contributed by atoms with Gasteiger partial charge in [-0.2, -0.15) is 0 Å². The highest BCUT2D eigenvalue weighted by molar-refractivity contribution is 6.99. The first-order valence-corrected chi connectivity index (χ1v) is 14.4. The summed E-state index contributed by atoms with van der Waals surface area (Å²) in [5.74, 6) is 0. The molecule has 1 atom stereocenters. The van der Waals surface area contributed by atoms with Crippen molar-refractivity contribution < 1.29 is 9.53 Å². The first kappa shape index (κ1) is 26.6. The molecule has 2 aromatic rings. The summed E-state index contributed by atoms with van der Waals surface area (Å²) in [6.07, 6.45) is 13.0. The third-order valence-corrected chi connectivity index (χ3v) is 11.3. The molecule has 0 aromatic heterocycles. The van der Waals surface area contributed by atoms with Crippen LogP contribution < -0.4 is 10.4 Å². The van der Waals surface area contributed by atoms with Crippen LogP contribution in [0.25, 0.3) is 0 Å². The fourth-order valence-corrected chi connectivity index (χ4v) is 9.04. The Morgan fingerprint density at radius 3 is 1.94 bits per heavy atom. The lowest BCUT2D eigenvalue weighted by Gasteiger charge is -2.43. The van der Waals surface area contributed by atoms with Crippen molar-refractivity contribution in [2.45, 2.75) is 90.2 Å². The van der Waals surface area contributed by atoms with Gasteiger partial charge in [0.25, 0.3) is 8.32 Å². The zero-order valence-corrected chi connectivity index (χ0v) is 21.7. The van der Waals surface area contributed by atoms with Gasteiger partial charge in [-0.05, 0) is 41.1 Å². The number of benzene rings is 2. The molecule has 2 rings (SSSR count). The zero-order valence-electron chi connectivity index (χ0n) is 20.7. The minimum Gasteiger partial charge on any atom is -0.407 e. The van der Waals surface area contributed by atoms with Gasteiger partial charge in [0.2, 0.25) is 0 Å². The molecule has 32 heavy (non-hydrogen) atoms. The predicted octanol–water partition coefficient (Wildman–Crippen LogP) is 6.62. The van der Waals surface area contributed by atoms with E-state index in [1.54, 1.807) is 0 Å². The quantitative estimate of drug-likeness (QED) is 0.198. The SMILES string of the molecule is CCCCCCC/C=C/CC(O)CCO[Si](c1ccccc1)(c1ccccc1)C(C)(C)C. The number of allylic oxidation sites excluding steroid dienone is 1. The summed E-state index contributed by atoms with van der Waals surface area (Å²) in [5, 5.41) is 13.1. The van der Waals surface area contributed by atoms with E-state index < -0.39 is 8.32 Å². The smallest absolute Gasteiger partial charge is 0.261 e. The van der Waals surface area contributed by atoms with Gasteiger partial charge in [0.05, 0.1) is 6.10 Å². The van der Waals surface area contributed by atoms with Crippen molar-refractivity contribution in [1.29, 1.82) is 0 Å². The highest BCUT2D eigenvalue weighted by Gasteiger charge is 2.49. The van der Waals surface area contributed by atoms with E-state index in [0.717, 1.165) is 6.42 Å². The van der Waals surface area contributed by atoms with Crippen LogP contribution in [0.5, 0.6) is 0 Å². The van der Waals surface area contributed by atoms with Crippen LogP contribution in [0.4, 0.5) is 0 Å². The summed E-state index contributed by atoms with van der Waals surface area (Å²) in [6.45, 7) is 9.69. The molecule has 2 aromatic carbocycles. The Bertz CT molecular complexity index is 725. The molecule has 0 aliphatic rings. The zero-order chi connectivity index (χ0) is 23.3. The number of aliphatic hydroxyl groups is 1. The van der Waals surface area contributed by atoms with Crippen LogP contribution in [0.2, 0.25) is 5.04 Å². The number of aliphatic hydroxyl groups excluding tert-OH is 1. The first-order chi connectivity index (χ1) is 15.4. The summed E-state index contributed by atoms with van der Waals surface area (Å²) in [5.41, 5.74) is 0. The summed E-state index contributed by atoms with van der Waals surface area (Å²) >= 11 is 0. The topological polar surface area (TPSA) is 29.5 Å². The minimum absolute atomic E-state index is 0.0294. The van der Waals surface area contributed by atoms with Gasteiger partial charge in [-0.3, -0.25) is 0 Å². The normalized spacial score (nSPS) is 13.5. The van der Waals surface area contributed by atoms with Crippen molar-refractivity contribution >= 4 is 18.7 Å². The fraction of sp³-hybridized carbons (Fsp3) is 0.517. The largest absolute Gasteiger partial charge is 0.407 e. The minimum atomic E-state index is -2.51. The predicted molar refractivity (Wildman–Crippen MR) is 141 cm³/mol. The van der Waals surface area contributed by atoms with E-state index in [9.17, 15) is 5.11 Å². The molecule has 2 nitrogen and oxygen atoms in total. The molecular weight excluding hydrogens is 408 g/mol. The molecule has 3 heteroatoms. The van der Waals surface area contributed by atoms with Crippen molar-refractivity contribution in [3.05, 3.63) is 72.8 Å². The molecule has 1 unspecified atom stereocenters. The molecule has 176 valence electrons. The summed E-state index contributed by atoms with van der Waals surface area (Å²) in [4.78, 5) is 0. The molecular formula is C29H44O2Si. The number of hydrogen-bond donors (Lipinski definition) is 1. The number of hydrogen-bond acceptors (Lipinski definition) is 2. The maximum absolute atomic E-state index is 10.5. The summed E-state index contributed by atoms with van der Waals surface area (Å²) < 4.78 is 6.87. The van der Waals surface area contributed by atoms with Crippen LogP contribution in [0.15, 0.2) is 72.8 Å². The lowest BCUT2D eigenvalue weighted by Crippen LogP contribution is -2.66. The van der Waals surface area contributed by atoms with Gasteiger partial charge in [0, 0.05) is 6.61 Å². The molecule has 0 amide bonds. The van der Waals surface area contributed by atoms with Crippen molar-refractivity contribution in [3.63, 3.8) is 0 Å². The Kier molecular flexibility index (Phi) is 11.4. The maximum atomic E-state index is 10.5. The van der Waals surface area contributed by atoms with Crippen LogP contribution in [0.3, 0.4) is 0 Å². The molecule has 0 saturated heterocycles. The third kappa shape index (κ3) is 7.72. The van der Waals surface area contributed by atoms with E-state index in [1.807, 2.05) is 0 Å². The summed E-state index contributed by atoms with van der Waals surface area (Å²) in [7, 11) is -2.51. The molecule has 0 aliphatic heterocycles. The van der Waals surface area contributed by atoms with Gasteiger partial charge < -0.3 is 9.53 Å². The van der Waals surface area contributed by atoms with E-state index in [2.05, 4.69) is 101 Å². The van der Waals surface area contributed by atoms with Crippen molar-refractivity contribution in [3.8, 4) is 0 Å². The average Bonchev–Trinajstić information content (AvgIpc) is 2.79. The van der Waals surface area contributed by atoms with E-state index >= 15 is 0 Å². The Morgan fingerprint density at radius 2 is 1.41 bits per heavy atom. The Balaban J connectivity index is 2.00. The Labute approximate surface area is 197 Å². The highest BCUT2D eigenvalue weighted by atomic mass is 28.4. The molecule has 0 saturated carbocycles. The monoisotopic (exact) mass is 452 g/mol. The van der Waals surface area contributed by atoms with Gasteiger partial charge >= 0.3 is 0 Å². The average molecular weight is 453 g/mol. The lowest BCUT2D eigenvalue weighted by atomic mass is 10.1. The van der Waals surface area contributed by atoms with Gasteiger partial charge in [0.15, 0.2) is 0 Å². The number of unbranched alkanes of at least 4 members (excludes halogenated alkanes) is 5. The van der Waals surface area contributed by atoms with Crippen molar-refractivity contribution in [2.75, 3.05) is 6.61 Å².